The van der Waals surface area contributed by atoms with Crippen molar-refractivity contribution in [2.75, 3.05) is 103 Å². The molecule has 0 spiro atoms. The first kappa shape index (κ1) is 50.1. The van der Waals surface area contributed by atoms with Crippen LogP contribution in [0.3, 0.4) is 0 Å². The van der Waals surface area contributed by atoms with Crippen molar-refractivity contribution in [2.24, 2.45) is 0 Å². The Morgan fingerprint density at radius 3 is 1.62 bits per heavy atom. The molecular weight excluding hydrogens is 879 g/mol. The summed E-state index contributed by atoms with van der Waals surface area (Å²) >= 11 is 3.33. The Kier molecular flexibility index (Phi) is 21.9. The van der Waals surface area contributed by atoms with Crippen LogP contribution in [0.1, 0.15) is 0 Å². The number of hydrogen-bond acceptors (Lipinski definition) is 14. The van der Waals surface area contributed by atoms with Crippen molar-refractivity contribution in [1.82, 2.24) is 9.97 Å². The number of ether oxygens (including phenoxy) is 11. The van der Waals surface area contributed by atoms with Gasteiger partial charge in [-0.25, -0.2) is 4.98 Å². The van der Waals surface area contributed by atoms with E-state index in [0.717, 1.165) is 55.0 Å². The summed E-state index contributed by atoms with van der Waals surface area (Å²) in [6, 6.07) is 26.3. The highest BCUT2D eigenvalue weighted by atomic mass is 79.9. The highest BCUT2D eigenvalue weighted by Crippen LogP contribution is 2.38. The summed E-state index contributed by atoms with van der Waals surface area (Å²) in [4.78, 5) is 7.91. The standard InChI is InChI=1S/C26H28N2O5.C12H19BO6.C8H9BrO2/c1-29-10-12-32-24-9-8-18(15-25(24)33-13-11-30-2)19-14-21-22(17-28-26(21)27-16-19)20-6-4-5-7-23(20)31-3;1-16-5-7-18-11-4-3-10(13(14)15)9-12(11)19-8-6-17-2;1-10-7-4-3-6(9)5-8(7)11-2/h4-9,14-17H,10-13H2,1-3H3,(H,27,28);3-4,9,14-15H,5-8H2,1-2H3;3-5H,1-2H3. The predicted molar refractivity (Wildman–Crippen MR) is 247 cm³/mol. The molecule has 0 radical (unpaired) electrons. The van der Waals surface area contributed by atoms with E-state index in [-0.39, 0.29) is 0 Å². The number of nitrogens with zero attached hydrogens (tertiary/aromatic N) is 1. The fourth-order valence-electron chi connectivity index (χ4n) is 5.84. The van der Waals surface area contributed by atoms with Gasteiger partial charge in [0, 0.05) is 67.4 Å². The molecule has 0 aliphatic heterocycles. The van der Waals surface area contributed by atoms with Crippen LogP contribution in [0.5, 0.6) is 40.2 Å². The third-order valence-corrected chi connectivity index (χ3v) is 9.49. The molecule has 0 saturated heterocycles. The van der Waals surface area contributed by atoms with Gasteiger partial charge in [-0.05, 0) is 65.6 Å². The van der Waals surface area contributed by atoms with Crippen molar-refractivity contribution >= 4 is 39.5 Å². The monoisotopic (exact) mass is 934 g/mol. The Morgan fingerprint density at radius 1 is 0.508 bits per heavy atom. The number of nitrogens with one attached hydrogen (secondary N) is 1. The van der Waals surface area contributed by atoms with Gasteiger partial charge < -0.3 is 67.1 Å². The summed E-state index contributed by atoms with van der Waals surface area (Å²) in [5.74, 6) is 4.58. The Balaban J connectivity index is 0.000000243. The van der Waals surface area contributed by atoms with Crippen LogP contribution >= 0.6 is 15.9 Å². The SMILES string of the molecule is COCCOc1ccc(-c2cnc3[nH]cc(-c4ccccc4OC)c3c2)cc1OCCOC.COCCOc1ccc(B(O)O)cc1OCCOC.COc1ccc(Br)cc1OC. The first-order valence-corrected chi connectivity index (χ1v) is 20.6. The molecule has 0 atom stereocenters. The first-order valence-electron chi connectivity index (χ1n) is 19.8. The zero-order valence-electron chi connectivity index (χ0n) is 36.7. The maximum absolute atomic E-state index is 9.14. The quantitative estimate of drug-likeness (QED) is 0.0478. The van der Waals surface area contributed by atoms with Gasteiger partial charge in [-0.15, -0.1) is 0 Å². The molecule has 17 heteroatoms. The minimum absolute atomic E-state index is 0.339. The maximum Gasteiger partial charge on any atom is 0.488 e. The van der Waals surface area contributed by atoms with Crippen molar-refractivity contribution in [2.45, 2.75) is 0 Å². The van der Waals surface area contributed by atoms with Gasteiger partial charge in [0.05, 0.1) is 47.8 Å². The topological polar surface area (TPSA) is 171 Å². The van der Waals surface area contributed by atoms with Gasteiger partial charge in [-0.2, -0.15) is 0 Å². The van der Waals surface area contributed by atoms with Crippen LogP contribution in [0.4, 0.5) is 0 Å². The molecule has 4 aromatic carbocycles. The van der Waals surface area contributed by atoms with Crippen LogP contribution in [-0.2, 0) is 18.9 Å². The fraction of sp³-hybridized carbons (Fsp3) is 0.326. The molecule has 63 heavy (non-hydrogen) atoms. The van der Waals surface area contributed by atoms with Crippen LogP contribution in [0.15, 0.2) is 102 Å². The lowest BCUT2D eigenvalue weighted by atomic mass is 9.80. The number of H-pyrrole nitrogens is 1. The molecule has 2 aromatic heterocycles. The molecule has 0 aliphatic carbocycles. The van der Waals surface area contributed by atoms with E-state index in [4.69, 9.17) is 62.2 Å². The van der Waals surface area contributed by atoms with Gasteiger partial charge in [0.15, 0.2) is 34.5 Å². The summed E-state index contributed by atoms with van der Waals surface area (Å²) in [6.07, 6.45) is 3.82. The average Bonchev–Trinajstić information content (AvgIpc) is 3.73. The van der Waals surface area contributed by atoms with Gasteiger partial charge in [-0.3, -0.25) is 0 Å². The lowest BCUT2D eigenvalue weighted by Crippen LogP contribution is -2.29. The Morgan fingerprint density at radius 2 is 1.05 bits per heavy atom. The molecule has 0 fully saturated rings. The van der Waals surface area contributed by atoms with E-state index >= 15 is 0 Å². The van der Waals surface area contributed by atoms with E-state index in [2.05, 4.69) is 32.0 Å². The second-order valence-corrected chi connectivity index (χ2v) is 14.0. The molecule has 6 rings (SSSR count). The molecule has 6 aromatic rings. The van der Waals surface area contributed by atoms with E-state index in [9.17, 15) is 0 Å². The highest BCUT2D eigenvalue weighted by molar-refractivity contribution is 9.10. The molecule has 0 unspecified atom stereocenters. The first-order chi connectivity index (χ1) is 30.7. The number of halogens is 1. The smallest absolute Gasteiger partial charge is 0.488 e. The zero-order valence-corrected chi connectivity index (χ0v) is 38.3. The van der Waals surface area contributed by atoms with E-state index in [1.165, 1.54) is 6.07 Å². The van der Waals surface area contributed by atoms with Crippen molar-refractivity contribution in [3.05, 3.63) is 102 Å². The van der Waals surface area contributed by atoms with E-state index < -0.39 is 7.12 Å². The summed E-state index contributed by atoms with van der Waals surface area (Å²) in [7, 11) is 9.82. The second-order valence-electron chi connectivity index (χ2n) is 13.1. The van der Waals surface area contributed by atoms with Crippen molar-refractivity contribution in [1.29, 1.82) is 0 Å². The van der Waals surface area contributed by atoms with Gasteiger partial charge in [-0.1, -0.05) is 46.3 Å². The normalized spacial score (nSPS) is 10.5. The summed E-state index contributed by atoms with van der Waals surface area (Å²) in [6.45, 7) is 3.48. The van der Waals surface area contributed by atoms with Gasteiger partial charge >= 0.3 is 7.12 Å². The number of rotatable bonds is 22. The summed E-state index contributed by atoms with van der Waals surface area (Å²) < 4.78 is 59.4. The summed E-state index contributed by atoms with van der Waals surface area (Å²) in [5.41, 5.74) is 5.15. The number of fused-ring (bicyclic) bond motifs is 1. The Bertz CT molecular complexity index is 2260. The molecule has 2 heterocycles. The zero-order chi connectivity index (χ0) is 45.4. The molecule has 0 amide bonds. The Labute approximate surface area is 377 Å². The number of para-hydroxylation sites is 1. The van der Waals surface area contributed by atoms with E-state index in [1.54, 1.807) is 61.9 Å². The molecular formula is C46H56BBrN2O13. The van der Waals surface area contributed by atoms with Crippen molar-refractivity contribution in [3.8, 4) is 62.5 Å². The molecule has 338 valence electrons. The largest absolute Gasteiger partial charge is 0.496 e. The minimum Gasteiger partial charge on any atom is -0.496 e. The van der Waals surface area contributed by atoms with E-state index in [1.807, 2.05) is 73.1 Å². The van der Waals surface area contributed by atoms with Crippen LogP contribution < -0.4 is 38.6 Å². The van der Waals surface area contributed by atoms with Gasteiger partial charge in [0.25, 0.3) is 0 Å². The molecule has 0 saturated carbocycles. The molecule has 0 aliphatic rings. The van der Waals surface area contributed by atoms with Gasteiger partial charge in [0.2, 0.25) is 0 Å². The predicted octanol–water partition coefficient (Wildman–Crippen LogP) is 6.84. The number of hydrogen-bond donors (Lipinski definition) is 3. The lowest BCUT2D eigenvalue weighted by Gasteiger charge is -2.14. The number of methoxy groups -OCH3 is 7. The molecule has 3 N–H and O–H groups in total. The Hall–Kier alpha value is -5.53. The van der Waals surface area contributed by atoms with E-state index in [0.29, 0.717) is 81.3 Å². The third-order valence-electron chi connectivity index (χ3n) is 9.00. The lowest BCUT2D eigenvalue weighted by molar-refractivity contribution is 0.132. The minimum atomic E-state index is -1.54. The maximum atomic E-state index is 9.14. The van der Waals surface area contributed by atoms with Gasteiger partial charge in [0.1, 0.15) is 37.8 Å². The number of aromatic amines is 1. The molecule has 0 bridgehead atoms. The van der Waals surface area contributed by atoms with Crippen molar-refractivity contribution < 1.29 is 62.2 Å². The van der Waals surface area contributed by atoms with Crippen LogP contribution in [0.25, 0.3) is 33.3 Å². The number of aromatic nitrogens is 2. The third kappa shape index (κ3) is 15.4. The van der Waals surface area contributed by atoms with Crippen molar-refractivity contribution in [3.63, 3.8) is 0 Å². The average molecular weight is 936 g/mol. The molecule has 15 nitrogen and oxygen atoms in total. The highest BCUT2D eigenvalue weighted by Gasteiger charge is 2.16. The fourth-order valence-corrected chi connectivity index (χ4v) is 6.18. The number of benzene rings is 4. The van der Waals surface area contributed by atoms with Crippen LogP contribution in [0, 0.1) is 0 Å². The van der Waals surface area contributed by atoms with Crippen LogP contribution in [-0.4, -0.2) is 130 Å². The summed E-state index contributed by atoms with van der Waals surface area (Å²) in [5, 5.41) is 19.3. The number of pyridine rings is 1. The van der Waals surface area contributed by atoms with Crippen LogP contribution in [0.2, 0.25) is 0 Å². The second kappa shape index (κ2) is 27.5.